The van der Waals surface area contributed by atoms with Gasteiger partial charge in [0.15, 0.2) is 0 Å². The average Bonchev–Trinajstić information content (AvgIpc) is 3.44. The summed E-state index contributed by atoms with van der Waals surface area (Å²) >= 11 is 0. The van der Waals surface area contributed by atoms with Crippen molar-refractivity contribution >= 4 is 0 Å². The number of rotatable bonds is 5. The highest BCUT2D eigenvalue weighted by Gasteiger charge is 2.45. The molecule has 5 rings (SSSR count). The van der Waals surface area contributed by atoms with Crippen molar-refractivity contribution < 1.29 is 9.15 Å². The summed E-state index contributed by atoms with van der Waals surface area (Å²) in [7, 11) is 0. The number of pyridine rings is 1. The van der Waals surface area contributed by atoms with E-state index in [1.165, 1.54) is 29.5 Å². The average molecular weight is 383 g/mol. The minimum absolute atomic E-state index is 0.164. The first-order chi connectivity index (χ1) is 14.1. The molecule has 0 saturated heterocycles. The summed E-state index contributed by atoms with van der Waals surface area (Å²) in [5.74, 6) is 2.37. The fourth-order valence-corrected chi connectivity index (χ4v) is 3.69. The van der Waals surface area contributed by atoms with Gasteiger partial charge in [0, 0.05) is 12.3 Å². The molecule has 0 spiro atoms. The van der Waals surface area contributed by atoms with Gasteiger partial charge in [-0.25, -0.2) is 4.98 Å². The molecule has 0 aliphatic heterocycles. The molecule has 5 nitrogen and oxygen atoms in total. The number of aromatic nitrogens is 3. The van der Waals surface area contributed by atoms with E-state index < -0.39 is 0 Å². The monoisotopic (exact) mass is 383 g/mol. The first kappa shape index (κ1) is 17.6. The van der Waals surface area contributed by atoms with Crippen molar-refractivity contribution in [3.8, 4) is 23.1 Å². The van der Waals surface area contributed by atoms with E-state index in [9.17, 15) is 0 Å². The predicted molar refractivity (Wildman–Crippen MR) is 110 cm³/mol. The van der Waals surface area contributed by atoms with E-state index in [1.807, 2.05) is 24.3 Å². The molecule has 0 unspecified atom stereocenters. The summed E-state index contributed by atoms with van der Waals surface area (Å²) in [5.41, 5.74) is 4.82. The Kier molecular flexibility index (Phi) is 4.16. The van der Waals surface area contributed by atoms with Crippen LogP contribution in [0.15, 0.2) is 71.3 Å². The Morgan fingerprint density at radius 1 is 0.793 bits per heavy atom. The quantitative estimate of drug-likeness (QED) is 0.447. The highest BCUT2D eigenvalue weighted by atomic mass is 16.5. The van der Waals surface area contributed by atoms with Crippen LogP contribution in [-0.2, 0) is 5.41 Å². The van der Waals surface area contributed by atoms with Crippen molar-refractivity contribution in [3.63, 3.8) is 0 Å². The van der Waals surface area contributed by atoms with E-state index in [1.54, 1.807) is 13.1 Å². The van der Waals surface area contributed by atoms with Crippen molar-refractivity contribution in [1.29, 1.82) is 0 Å². The Bertz CT molecular complexity index is 1130. The molecule has 0 bridgehead atoms. The summed E-state index contributed by atoms with van der Waals surface area (Å²) in [6.07, 6.45) is 4.05. The Labute approximate surface area is 169 Å². The smallest absolute Gasteiger partial charge is 0.266 e. The van der Waals surface area contributed by atoms with E-state index in [-0.39, 0.29) is 5.41 Å². The van der Waals surface area contributed by atoms with E-state index in [0.717, 1.165) is 5.75 Å². The summed E-state index contributed by atoms with van der Waals surface area (Å²) in [6, 6.07) is 21.0. The predicted octanol–water partition coefficient (Wildman–Crippen LogP) is 5.62. The van der Waals surface area contributed by atoms with Crippen LogP contribution < -0.4 is 4.74 Å². The van der Waals surface area contributed by atoms with Crippen LogP contribution in [0.2, 0.25) is 0 Å². The second kappa shape index (κ2) is 6.85. The molecule has 5 heteroatoms. The van der Waals surface area contributed by atoms with E-state index in [4.69, 9.17) is 9.15 Å². The molecule has 2 heterocycles. The first-order valence-corrected chi connectivity index (χ1v) is 9.74. The zero-order valence-electron chi connectivity index (χ0n) is 16.4. The molecular weight excluding hydrogens is 362 g/mol. The zero-order valence-corrected chi connectivity index (χ0v) is 16.4. The van der Waals surface area contributed by atoms with Gasteiger partial charge in [-0.15, -0.1) is 10.2 Å². The lowest BCUT2D eigenvalue weighted by molar-refractivity contribution is 0.479. The SMILES string of the molecule is Cc1ccc(C2(c3ccc(Oc4ccc(-c5nnc(C)o5)nc4)cc3)CC2)cc1. The molecule has 0 radical (unpaired) electrons. The molecule has 2 aromatic carbocycles. The minimum atomic E-state index is 0.164. The molecule has 0 amide bonds. The fourth-order valence-electron chi connectivity index (χ4n) is 3.69. The van der Waals surface area contributed by atoms with Gasteiger partial charge in [0.25, 0.3) is 5.89 Å². The molecule has 0 atom stereocenters. The van der Waals surface area contributed by atoms with Crippen LogP contribution in [0.3, 0.4) is 0 Å². The number of hydrogen-bond acceptors (Lipinski definition) is 5. The number of aryl methyl sites for hydroxylation is 2. The summed E-state index contributed by atoms with van der Waals surface area (Å²) in [5, 5.41) is 7.80. The molecule has 2 aromatic heterocycles. The third-order valence-corrected chi connectivity index (χ3v) is 5.48. The summed E-state index contributed by atoms with van der Waals surface area (Å²) in [6.45, 7) is 3.88. The molecule has 1 aliphatic rings. The van der Waals surface area contributed by atoms with Crippen LogP contribution in [0.1, 0.15) is 35.4 Å². The maximum Gasteiger partial charge on any atom is 0.266 e. The number of ether oxygens (including phenoxy) is 1. The maximum atomic E-state index is 5.95. The maximum absolute atomic E-state index is 5.95. The highest BCUT2D eigenvalue weighted by molar-refractivity contribution is 5.49. The van der Waals surface area contributed by atoms with Gasteiger partial charge in [0.2, 0.25) is 5.89 Å². The molecule has 29 heavy (non-hydrogen) atoms. The van der Waals surface area contributed by atoms with Crippen LogP contribution >= 0.6 is 0 Å². The number of nitrogens with zero attached hydrogens (tertiary/aromatic N) is 3. The van der Waals surface area contributed by atoms with Crippen molar-refractivity contribution in [3.05, 3.63) is 89.4 Å². The lowest BCUT2D eigenvalue weighted by Crippen LogP contribution is -2.08. The second-order valence-corrected chi connectivity index (χ2v) is 7.58. The molecule has 1 aliphatic carbocycles. The Hall–Kier alpha value is -3.47. The largest absolute Gasteiger partial charge is 0.456 e. The molecule has 144 valence electrons. The van der Waals surface area contributed by atoms with Gasteiger partial charge >= 0.3 is 0 Å². The van der Waals surface area contributed by atoms with Crippen LogP contribution in [0, 0.1) is 13.8 Å². The lowest BCUT2D eigenvalue weighted by Gasteiger charge is -2.17. The Morgan fingerprint density at radius 2 is 1.45 bits per heavy atom. The third kappa shape index (κ3) is 3.40. The van der Waals surface area contributed by atoms with Crippen LogP contribution in [0.4, 0.5) is 0 Å². The normalized spacial score (nSPS) is 14.6. The second-order valence-electron chi connectivity index (χ2n) is 7.58. The van der Waals surface area contributed by atoms with Crippen molar-refractivity contribution in [1.82, 2.24) is 15.2 Å². The zero-order chi connectivity index (χ0) is 19.8. The first-order valence-electron chi connectivity index (χ1n) is 9.74. The van der Waals surface area contributed by atoms with Gasteiger partial charge in [-0.05, 0) is 55.2 Å². The standard InChI is InChI=1S/C24H21N3O2/c1-16-3-5-18(6-4-16)24(13-14-24)19-7-9-20(10-8-19)29-21-11-12-22(25-15-21)23-27-26-17(2)28-23/h3-12,15H,13-14H2,1-2H3. The highest BCUT2D eigenvalue weighted by Crippen LogP contribution is 2.53. The summed E-state index contributed by atoms with van der Waals surface area (Å²) in [4.78, 5) is 4.35. The van der Waals surface area contributed by atoms with Crippen LogP contribution in [0.25, 0.3) is 11.6 Å². The van der Waals surface area contributed by atoms with Gasteiger partial charge in [-0.1, -0.05) is 42.0 Å². The minimum Gasteiger partial charge on any atom is -0.456 e. The molecule has 1 saturated carbocycles. The van der Waals surface area contributed by atoms with Gasteiger partial charge in [-0.3, -0.25) is 0 Å². The third-order valence-electron chi connectivity index (χ3n) is 5.48. The van der Waals surface area contributed by atoms with E-state index >= 15 is 0 Å². The Balaban J connectivity index is 1.31. The van der Waals surface area contributed by atoms with Crippen molar-refractivity contribution in [2.24, 2.45) is 0 Å². The van der Waals surface area contributed by atoms with E-state index in [0.29, 0.717) is 23.2 Å². The van der Waals surface area contributed by atoms with Crippen LogP contribution in [0.5, 0.6) is 11.5 Å². The number of hydrogen-bond donors (Lipinski definition) is 0. The lowest BCUT2D eigenvalue weighted by atomic mass is 9.88. The van der Waals surface area contributed by atoms with Gasteiger partial charge in [-0.2, -0.15) is 0 Å². The topological polar surface area (TPSA) is 61.0 Å². The number of benzene rings is 2. The van der Waals surface area contributed by atoms with Crippen molar-refractivity contribution in [2.75, 3.05) is 0 Å². The molecule has 4 aromatic rings. The summed E-state index contributed by atoms with van der Waals surface area (Å²) < 4.78 is 11.4. The fraction of sp³-hybridized carbons (Fsp3) is 0.208. The Morgan fingerprint density at radius 3 is 2.00 bits per heavy atom. The van der Waals surface area contributed by atoms with Crippen LogP contribution in [-0.4, -0.2) is 15.2 Å². The van der Waals surface area contributed by atoms with Gasteiger partial charge in [0.1, 0.15) is 17.2 Å². The van der Waals surface area contributed by atoms with E-state index in [2.05, 4.69) is 58.5 Å². The molecular formula is C24H21N3O2. The molecule has 0 N–H and O–H groups in total. The van der Waals surface area contributed by atoms with Crippen molar-refractivity contribution in [2.45, 2.75) is 32.1 Å². The molecule has 1 fully saturated rings. The van der Waals surface area contributed by atoms with Gasteiger partial charge < -0.3 is 9.15 Å². The van der Waals surface area contributed by atoms with Gasteiger partial charge in [0.05, 0.1) is 6.20 Å².